The van der Waals surface area contributed by atoms with E-state index in [9.17, 15) is 24.2 Å². The monoisotopic (exact) mass is 488 g/mol. The average Bonchev–Trinajstić information content (AvgIpc) is 3.03. The number of aliphatic hydroxyl groups excluding tert-OH is 1. The second-order valence-corrected chi connectivity index (χ2v) is 8.77. The number of amides is 1. The minimum absolute atomic E-state index is 0.220. The number of nitrogens with zero attached hydrogens (tertiary/aromatic N) is 1. The van der Waals surface area contributed by atoms with Gasteiger partial charge in [0, 0.05) is 18.2 Å². The second kappa shape index (κ2) is 12.4. The zero-order valence-corrected chi connectivity index (χ0v) is 20.1. The average molecular weight is 489 g/mol. The molecule has 0 saturated heterocycles. The van der Waals surface area contributed by atoms with Crippen molar-refractivity contribution in [2.75, 3.05) is 32.6 Å². The fraction of sp³-hybridized carbons (Fsp3) is 0.462. The van der Waals surface area contributed by atoms with Crippen molar-refractivity contribution in [3.63, 3.8) is 0 Å². The van der Waals surface area contributed by atoms with Gasteiger partial charge in [-0.25, -0.2) is 4.39 Å². The maximum absolute atomic E-state index is 13.3. The van der Waals surface area contributed by atoms with E-state index in [4.69, 9.17) is 9.47 Å². The quantitative estimate of drug-likeness (QED) is 0.440. The van der Waals surface area contributed by atoms with Gasteiger partial charge in [-0.05, 0) is 74.1 Å². The lowest BCUT2D eigenvalue weighted by atomic mass is 9.98. The lowest BCUT2D eigenvalue weighted by molar-refractivity contribution is -0.146. The number of anilines is 1. The van der Waals surface area contributed by atoms with Crippen LogP contribution in [0.3, 0.4) is 0 Å². The summed E-state index contributed by atoms with van der Waals surface area (Å²) in [6, 6.07) is 11.1. The summed E-state index contributed by atoms with van der Waals surface area (Å²) in [7, 11) is 3.09. The molecule has 0 radical (unpaired) electrons. The van der Waals surface area contributed by atoms with Crippen molar-refractivity contribution >= 4 is 17.6 Å². The summed E-state index contributed by atoms with van der Waals surface area (Å²) in [6.07, 6.45) is 1.72. The number of benzene rings is 2. The molecule has 1 aliphatic carbocycles. The van der Waals surface area contributed by atoms with E-state index >= 15 is 0 Å². The first-order chi connectivity index (χ1) is 16.8. The van der Waals surface area contributed by atoms with Gasteiger partial charge in [0.1, 0.15) is 12.4 Å². The van der Waals surface area contributed by atoms with E-state index in [2.05, 4.69) is 5.32 Å². The molecular formula is C26H33FN2O6. The van der Waals surface area contributed by atoms with Gasteiger partial charge in [0.15, 0.2) is 11.5 Å². The number of carboxylic acid groups (broad SMARTS) is 1. The number of hydrogen-bond acceptors (Lipinski definition) is 6. The topological polar surface area (TPSA) is 108 Å². The SMILES string of the molecule is COc1ccc(CCN(CC(=O)O)C(=O)[C@@H]2CC[C@H](Nc3ccc(F)cc3)[C@@H](O)CC2)cc1OC. The fourth-order valence-corrected chi connectivity index (χ4v) is 4.45. The maximum atomic E-state index is 13.3. The molecule has 0 unspecified atom stereocenters. The molecule has 0 heterocycles. The van der Waals surface area contributed by atoms with Crippen molar-refractivity contribution in [3.8, 4) is 11.5 Å². The Kier molecular flexibility index (Phi) is 9.31. The van der Waals surface area contributed by atoms with Crippen LogP contribution in [-0.2, 0) is 16.0 Å². The summed E-state index contributed by atoms with van der Waals surface area (Å²) >= 11 is 0. The molecule has 35 heavy (non-hydrogen) atoms. The van der Waals surface area contributed by atoms with Crippen molar-refractivity contribution in [1.29, 1.82) is 0 Å². The lowest BCUT2D eigenvalue weighted by Crippen LogP contribution is -2.41. The van der Waals surface area contributed by atoms with E-state index in [0.717, 1.165) is 5.56 Å². The van der Waals surface area contributed by atoms with E-state index in [1.807, 2.05) is 12.1 Å². The molecule has 0 bridgehead atoms. The molecule has 2 aromatic carbocycles. The van der Waals surface area contributed by atoms with E-state index < -0.39 is 12.1 Å². The molecule has 0 aromatic heterocycles. The Bertz CT molecular complexity index is 1000. The number of nitrogens with one attached hydrogen (secondary N) is 1. The Labute approximate surface area is 204 Å². The first-order valence-electron chi connectivity index (χ1n) is 11.7. The Morgan fingerprint density at radius 2 is 1.71 bits per heavy atom. The molecule has 1 amide bonds. The number of carboxylic acids is 1. The smallest absolute Gasteiger partial charge is 0.323 e. The van der Waals surface area contributed by atoms with Gasteiger partial charge < -0.3 is 29.9 Å². The van der Waals surface area contributed by atoms with Gasteiger partial charge in [0.05, 0.1) is 26.4 Å². The summed E-state index contributed by atoms with van der Waals surface area (Å²) in [5, 5.41) is 23.2. The van der Waals surface area contributed by atoms with Crippen LogP contribution in [0.5, 0.6) is 11.5 Å². The number of aliphatic hydroxyl groups is 1. The van der Waals surface area contributed by atoms with Gasteiger partial charge >= 0.3 is 5.97 Å². The van der Waals surface area contributed by atoms with Crippen LogP contribution >= 0.6 is 0 Å². The zero-order valence-electron chi connectivity index (χ0n) is 20.1. The maximum Gasteiger partial charge on any atom is 0.323 e. The normalized spacial score (nSPS) is 19.9. The highest BCUT2D eigenvalue weighted by Crippen LogP contribution is 2.29. The van der Waals surface area contributed by atoms with Gasteiger partial charge in [-0.2, -0.15) is 0 Å². The number of hydrogen-bond donors (Lipinski definition) is 3. The van der Waals surface area contributed by atoms with Crippen molar-refractivity contribution in [2.45, 2.75) is 44.2 Å². The molecule has 1 saturated carbocycles. The van der Waals surface area contributed by atoms with E-state index in [-0.39, 0.29) is 36.8 Å². The Hall–Kier alpha value is -3.33. The van der Waals surface area contributed by atoms with Crippen LogP contribution in [0.15, 0.2) is 42.5 Å². The summed E-state index contributed by atoms with van der Waals surface area (Å²) in [6.45, 7) is -0.140. The number of carbonyl (C=O) groups excluding carboxylic acids is 1. The third kappa shape index (κ3) is 7.32. The van der Waals surface area contributed by atoms with Crippen LogP contribution in [0.4, 0.5) is 10.1 Å². The first kappa shape index (κ1) is 26.3. The predicted octanol–water partition coefficient (Wildman–Crippen LogP) is 3.33. The molecule has 3 N–H and O–H groups in total. The van der Waals surface area contributed by atoms with Crippen LogP contribution in [-0.4, -0.2) is 66.4 Å². The predicted molar refractivity (Wildman–Crippen MR) is 129 cm³/mol. The molecule has 1 aliphatic rings. The first-order valence-corrected chi connectivity index (χ1v) is 11.7. The Morgan fingerprint density at radius 1 is 1.03 bits per heavy atom. The van der Waals surface area contributed by atoms with Crippen LogP contribution in [0.2, 0.25) is 0 Å². The van der Waals surface area contributed by atoms with Gasteiger partial charge in [-0.3, -0.25) is 9.59 Å². The molecule has 9 heteroatoms. The minimum atomic E-state index is -1.07. The van der Waals surface area contributed by atoms with Crippen LogP contribution in [0.1, 0.15) is 31.2 Å². The fourth-order valence-electron chi connectivity index (χ4n) is 4.45. The van der Waals surface area contributed by atoms with Crippen LogP contribution in [0, 0.1) is 11.7 Å². The van der Waals surface area contributed by atoms with Crippen molar-refractivity contribution < 1.29 is 33.7 Å². The number of rotatable bonds is 10. The number of methoxy groups -OCH3 is 2. The highest BCUT2D eigenvalue weighted by molar-refractivity contribution is 5.83. The van der Waals surface area contributed by atoms with Crippen LogP contribution < -0.4 is 14.8 Å². The number of halogens is 1. The molecule has 1 fully saturated rings. The number of ether oxygens (including phenoxy) is 2. The lowest BCUT2D eigenvalue weighted by Gasteiger charge is -2.26. The van der Waals surface area contributed by atoms with Crippen molar-refractivity contribution in [1.82, 2.24) is 4.90 Å². The van der Waals surface area contributed by atoms with Gasteiger partial charge in [0.25, 0.3) is 0 Å². The number of aliphatic carboxylic acids is 1. The van der Waals surface area contributed by atoms with Gasteiger partial charge in [-0.15, -0.1) is 0 Å². The molecule has 3 atom stereocenters. The summed E-state index contributed by atoms with van der Waals surface area (Å²) in [5.41, 5.74) is 1.59. The Morgan fingerprint density at radius 3 is 2.37 bits per heavy atom. The minimum Gasteiger partial charge on any atom is -0.493 e. The van der Waals surface area contributed by atoms with Gasteiger partial charge in [0.2, 0.25) is 5.91 Å². The van der Waals surface area contributed by atoms with Crippen molar-refractivity contribution in [2.24, 2.45) is 5.92 Å². The highest BCUT2D eigenvalue weighted by Gasteiger charge is 2.32. The summed E-state index contributed by atoms with van der Waals surface area (Å²) in [5.74, 6) is -0.851. The Balaban J connectivity index is 1.64. The molecule has 190 valence electrons. The zero-order chi connectivity index (χ0) is 25.4. The standard InChI is InChI=1S/C26H33FN2O6/c1-34-23-12-3-17(15-24(23)35-2)13-14-29(16-25(31)32)26(33)18-4-10-21(22(30)11-5-18)28-20-8-6-19(27)7-9-20/h3,6-9,12,15,18,21-22,28,30H,4-5,10-11,13-14,16H2,1-2H3,(H,31,32)/t18-,21+,22+/m1/s1. The molecular weight excluding hydrogens is 455 g/mol. The molecule has 0 spiro atoms. The third-order valence-electron chi connectivity index (χ3n) is 6.40. The van der Waals surface area contributed by atoms with E-state index in [1.165, 1.54) is 17.0 Å². The molecule has 0 aliphatic heterocycles. The highest BCUT2D eigenvalue weighted by atomic mass is 19.1. The van der Waals surface area contributed by atoms with Crippen LogP contribution in [0.25, 0.3) is 0 Å². The number of carbonyl (C=O) groups is 2. The molecule has 3 rings (SSSR count). The third-order valence-corrected chi connectivity index (χ3v) is 6.40. The second-order valence-electron chi connectivity index (χ2n) is 8.77. The van der Waals surface area contributed by atoms with Crippen molar-refractivity contribution in [3.05, 3.63) is 53.8 Å². The van der Waals surface area contributed by atoms with Gasteiger partial charge in [-0.1, -0.05) is 6.07 Å². The largest absolute Gasteiger partial charge is 0.493 e. The summed E-state index contributed by atoms with van der Waals surface area (Å²) in [4.78, 5) is 26.2. The summed E-state index contributed by atoms with van der Waals surface area (Å²) < 4.78 is 23.8. The van der Waals surface area contributed by atoms with E-state index in [1.54, 1.807) is 32.4 Å². The van der Waals surface area contributed by atoms with E-state index in [0.29, 0.717) is 49.3 Å². The molecule has 8 nitrogen and oxygen atoms in total. The molecule has 2 aromatic rings.